The zero-order valence-electron chi connectivity index (χ0n) is 7.89. The van der Waals surface area contributed by atoms with E-state index in [9.17, 15) is 28.1 Å². The van der Waals surface area contributed by atoms with Gasteiger partial charge in [0, 0.05) is 0 Å². The zero-order chi connectivity index (χ0) is 13.2. The molecule has 0 unspecified atom stereocenters. The van der Waals surface area contributed by atoms with E-state index < -0.39 is 40.3 Å². The highest BCUT2D eigenvalue weighted by atomic mass is 19.3. The van der Waals surface area contributed by atoms with Gasteiger partial charge < -0.3 is 9.84 Å². The number of halogens is 3. The van der Waals surface area contributed by atoms with Crippen molar-refractivity contribution in [1.82, 2.24) is 0 Å². The molecule has 1 rings (SSSR count). The lowest BCUT2D eigenvalue weighted by Gasteiger charge is -2.08. The van der Waals surface area contributed by atoms with Crippen LogP contribution in [-0.4, -0.2) is 22.6 Å². The number of nitro groups is 1. The maximum atomic E-state index is 12.9. The van der Waals surface area contributed by atoms with Crippen molar-refractivity contribution in [2.24, 2.45) is 0 Å². The van der Waals surface area contributed by atoms with E-state index in [0.29, 0.717) is 12.1 Å². The molecule has 0 saturated carbocycles. The van der Waals surface area contributed by atoms with Gasteiger partial charge in [-0.1, -0.05) is 0 Å². The first kappa shape index (κ1) is 12.7. The van der Waals surface area contributed by atoms with Crippen molar-refractivity contribution in [2.75, 3.05) is 0 Å². The summed E-state index contributed by atoms with van der Waals surface area (Å²) >= 11 is 0. The summed E-state index contributed by atoms with van der Waals surface area (Å²) in [5, 5.41) is 19.0. The van der Waals surface area contributed by atoms with Crippen LogP contribution in [0.25, 0.3) is 0 Å². The van der Waals surface area contributed by atoms with Gasteiger partial charge in [0.15, 0.2) is 0 Å². The van der Waals surface area contributed by atoms with Crippen LogP contribution in [0.2, 0.25) is 0 Å². The van der Waals surface area contributed by atoms with E-state index in [2.05, 4.69) is 4.74 Å². The smallest absolute Gasteiger partial charge is 0.387 e. The molecule has 0 atom stereocenters. The monoisotopic (exact) mass is 251 g/mol. The van der Waals surface area contributed by atoms with Crippen LogP contribution >= 0.6 is 0 Å². The summed E-state index contributed by atoms with van der Waals surface area (Å²) < 4.78 is 40.5. The lowest BCUT2D eigenvalue weighted by Crippen LogP contribution is -2.10. The molecule has 17 heavy (non-hydrogen) atoms. The Labute approximate surface area is 91.4 Å². The minimum Gasteiger partial charge on any atom is -0.478 e. The number of carboxylic acid groups (broad SMARTS) is 1. The fourth-order valence-corrected chi connectivity index (χ4v) is 1.09. The van der Waals surface area contributed by atoms with Crippen molar-refractivity contribution < 1.29 is 32.7 Å². The molecule has 0 aromatic heterocycles. The molecule has 0 bridgehead atoms. The lowest BCUT2D eigenvalue weighted by atomic mass is 10.1. The van der Waals surface area contributed by atoms with Crippen molar-refractivity contribution in [3.63, 3.8) is 0 Å². The zero-order valence-corrected chi connectivity index (χ0v) is 7.89. The van der Waals surface area contributed by atoms with Crippen LogP contribution in [0.5, 0.6) is 5.75 Å². The van der Waals surface area contributed by atoms with Gasteiger partial charge in [-0.2, -0.15) is 8.78 Å². The maximum absolute atomic E-state index is 12.9. The molecule has 1 aromatic rings. The van der Waals surface area contributed by atoms with Gasteiger partial charge in [-0.05, 0) is 6.07 Å². The fourth-order valence-electron chi connectivity index (χ4n) is 1.09. The first-order chi connectivity index (χ1) is 7.82. The van der Waals surface area contributed by atoms with Crippen molar-refractivity contribution >= 4 is 11.7 Å². The van der Waals surface area contributed by atoms with E-state index in [0.717, 1.165) is 0 Å². The minimum absolute atomic E-state index is 0.296. The third kappa shape index (κ3) is 2.83. The van der Waals surface area contributed by atoms with Gasteiger partial charge in [-0.15, -0.1) is 0 Å². The summed E-state index contributed by atoms with van der Waals surface area (Å²) in [5.74, 6) is -4.24. The van der Waals surface area contributed by atoms with Gasteiger partial charge in [0.25, 0.3) is 0 Å². The Bertz CT molecular complexity index is 441. The number of nitro benzene ring substituents is 1. The minimum atomic E-state index is -3.46. The number of benzene rings is 1. The second kappa shape index (κ2) is 4.68. The molecule has 0 radical (unpaired) electrons. The molecule has 0 heterocycles. The molecule has 0 amide bonds. The third-order valence-electron chi connectivity index (χ3n) is 1.67. The van der Waals surface area contributed by atoms with Crippen LogP contribution in [0.15, 0.2) is 12.1 Å². The second-order valence-electron chi connectivity index (χ2n) is 2.74. The first-order valence-corrected chi connectivity index (χ1v) is 3.99. The number of nitrogens with zero attached hydrogens (tertiary/aromatic N) is 1. The largest absolute Gasteiger partial charge is 0.478 e. The molecule has 6 nitrogen and oxygen atoms in total. The van der Waals surface area contributed by atoms with Crippen LogP contribution in [-0.2, 0) is 0 Å². The number of hydrogen-bond donors (Lipinski definition) is 1. The quantitative estimate of drug-likeness (QED) is 0.653. The van der Waals surface area contributed by atoms with Gasteiger partial charge in [0.1, 0.15) is 11.4 Å². The molecule has 0 aliphatic rings. The van der Waals surface area contributed by atoms with Gasteiger partial charge >= 0.3 is 18.3 Å². The average molecular weight is 251 g/mol. The number of carboxylic acids is 1. The van der Waals surface area contributed by atoms with Crippen LogP contribution < -0.4 is 4.74 Å². The van der Waals surface area contributed by atoms with Crippen molar-refractivity contribution in [1.29, 1.82) is 0 Å². The molecule has 0 aliphatic carbocycles. The Hall–Kier alpha value is -2.32. The van der Waals surface area contributed by atoms with E-state index >= 15 is 0 Å². The highest BCUT2D eigenvalue weighted by Crippen LogP contribution is 2.33. The molecule has 92 valence electrons. The van der Waals surface area contributed by atoms with Crippen LogP contribution in [0, 0.1) is 15.9 Å². The summed E-state index contributed by atoms with van der Waals surface area (Å²) in [7, 11) is 0. The van der Waals surface area contributed by atoms with E-state index in [1.54, 1.807) is 0 Å². The summed E-state index contributed by atoms with van der Waals surface area (Å²) in [4.78, 5) is 19.9. The molecule has 1 aromatic carbocycles. The van der Waals surface area contributed by atoms with Crippen LogP contribution in [0.1, 0.15) is 10.4 Å². The molecule has 0 aliphatic heterocycles. The molecule has 0 saturated heterocycles. The van der Waals surface area contributed by atoms with E-state index in [-0.39, 0.29) is 0 Å². The Balaban J connectivity index is 3.47. The van der Waals surface area contributed by atoms with Gasteiger partial charge in [-0.3, -0.25) is 10.1 Å². The normalized spacial score (nSPS) is 10.4. The molecule has 1 N–H and O–H groups in total. The lowest BCUT2D eigenvalue weighted by molar-refractivity contribution is -0.386. The van der Waals surface area contributed by atoms with Crippen molar-refractivity contribution in [3.05, 3.63) is 33.6 Å². The summed E-state index contributed by atoms with van der Waals surface area (Å²) in [6, 6.07) is 0.650. The number of rotatable bonds is 4. The SMILES string of the molecule is O=C(O)c1cc(F)cc([N+](=O)[O-])c1OC(F)F. The van der Waals surface area contributed by atoms with Crippen LogP contribution in [0.4, 0.5) is 18.9 Å². The first-order valence-electron chi connectivity index (χ1n) is 3.99. The van der Waals surface area contributed by atoms with Gasteiger partial charge in [0.2, 0.25) is 5.75 Å². The third-order valence-corrected chi connectivity index (χ3v) is 1.67. The maximum Gasteiger partial charge on any atom is 0.387 e. The Morgan fingerprint density at radius 2 is 2.06 bits per heavy atom. The fraction of sp³-hybridized carbons (Fsp3) is 0.125. The Morgan fingerprint density at radius 3 is 2.47 bits per heavy atom. The van der Waals surface area contributed by atoms with Crippen molar-refractivity contribution in [2.45, 2.75) is 6.61 Å². The summed E-state index contributed by atoms with van der Waals surface area (Å²) in [5.41, 5.74) is -2.22. The number of ether oxygens (including phenoxy) is 1. The number of carbonyl (C=O) groups is 1. The van der Waals surface area contributed by atoms with E-state index in [1.807, 2.05) is 0 Å². The standard InChI is InChI=1S/C8H4F3NO5/c9-3-1-4(7(13)14)6(17-8(10)11)5(2-3)12(15)16/h1-2,8H,(H,13,14). The predicted octanol–water partition coefficient (Wildman–Crippen LogP) is 2.03. The highest BCUT2D eigenvalue weighted by Gasteiger charge is 2.27. The topological polar surface area (TPSA) is 89.7 Å². The molecule has 9 heteroatoms. The molecular weight excluding hydrogens is 247 g/mol. The Kier molecular flexibility index (Phi) is 3.51. The Morgan fingerprint density at radius 1 is 1.47 bits per heavy atom. The molecule has 0 spiro atoms. The second-order valence-corrected chi connectivity index (χ2v) is 2.74. The van der Waals surface area contributed by atoms with Gasteiger partial charge in [-0.25, -0.2) is 9.18 Å². The predicted molar refractivity (Wildman–Crippen MR) is 46.6 cm³/mol. The number of hydrogen-bond acceptors (Lipinski definition) is 4. The summed E-state index contributed by atoms with van der Waals surface area (Å²) in [6.45, 7) is -3.46. The number of aromatic carboxylic acids is 1. The van der Waals surface area contributed by atoms with E-state index in [4.69, 9.17) is 5.11 Å². The average Bonchev–Trinajstić information content (AvgIpc) is 2.18. The van der Waals surface area contributed by atoms with Gasteiger partial charge in [0.05, 0.1) is 11.0 Å². The van der Waals surface area contributed by atoms with Crippen LogP contribution in [0.3, 0.4) is 0 Å². The van der Waals surface area contributed by atoms with Crippen molar-refractivity contribution in [3.8, 4) is 5.75 Å². The highest BCUT2D eigenvalue weighted by molar-refractivity contribution is 5.92. The molecule has 0 fully saturated rings. The molecular formula is C8H4F3NO5. The number of alkyl halides is 2. The van der Waals surface area contributed by atoms with E-state index in [1.165, 1.54) is 0 Å². The summed E-state index contributed by atoms with van der Waals surface area (Å²) in [6.07, 6.45) is 0.